The fraction of sp³-hybridized carbons (Fsp3) is 0.303. The van der Waals surface area contributed by atoms with Gasteiger partial charge in [-0.15, -0.1) is 0 Å². The van der Waals surface area contributed by atoms with Crippen LogP contribution in [0, 0.1) is 19.8 Å². The van der Waals surface area contributed by atoms with Crippen LogP contribution in [0.25, 0.3) is 16.0 Å². The first-order chi connectivity index (χ1) is 19.7. The van der Waals surface area contributed by atoms with Gasteiger partial charge >= 0.3 is 5.91 Å². The SMILES string of the molecule is CCOc1ccc(/C(O)=C2\C(=O)C(=O)N(c3nc4c(C)cc(C)cc4s3)C2c2cccc(OCCC(C)C)c2)cc1. The largest absolute Gasteiger partial charge is 0.507 e. The molecule has 1 saturated heterocycles. The van der Waals surface area contributed by atoms with E-state index in [0.717, 1.165) is 27.8 Å². The van der Waals surface area contributed by atoms with Crippen molar-refractivity contribution in [2.75, 3.05) is 18.1 Å². The van der Waals surface area contributed by atoms with Gasteiger partial charge in [-0.1, -0.05) is 43.4 Å². The zero-order valence-corrected chi connectivity index (χ0v) is 24.7. The van der Waals surface area contributed by atoms with E-state index in [1.54, 1.807) is 24.3 Å². The smallest absolute Gasteiger partial charge is 0.301 e. The van der Waals surface area contributed by atoms with Gasteiger partial charge < -0.3 is 14.6 Å². The van der Waals surface area contributed by atoms with Crippen molar-refractivity contribution in [3.05, 3.63) is 88.5 Å². The molecular formula is C33H34N2O5S. The summed E-state index contributed by atoms with van der Waals surface area (Å²) in [7, 11) is 0. The minimum absolute atomic E-state index is 0.00523. The molecule has 1 aliphatic heterocycles. The number of carbonyl (C=O) groups is 2. The summed E-state index contributed by atoms with van der Waals surface area (Å²) in [6.07, 6.45) is 0.894. The molecule has 5 rings (SSSR count). The van der Waals surface area contributed by atoms with Crippen LogP contribution < -0.4 is 14.4 Å². The molecule has 212 valence electrons. The Balaban J connectivity index is 1.65. The van der Waals surface area contributed by atoms with Gasteiger partial charge in [-0.3, -0.25) is 14.5 Å². The molecule has 0 saturated carbocycles. The Morgan fingerprint density at radius 1 is 1.02 bits per heavy atom. The predicted octanol–water partition coefficient (Wildman–Crippen LogP) is 7.36. The molecule has 1 unspecified atom stereocenters. The number of aliphatic hydroxyl groups is 1. The number of ketones is 1. The van der Waals surface area contributed by atoms with Crippen molar-refractivity contribution in [1.82, 2.24) is 4.98 Å². The van der Waals surface area contributed by atoms with Gasteiger partial charge in [0.15, 0.2) is 5.13 Å². The molecule has 0 spiro atoms. The lowest BCUT2D eigenvalue weighted by molar-refractivity contribution is -0.132. The van der Waals surface area contributed by atoms with Gasteiger partial charge in [0, 0.05) is 5.56 Å². The Kier molecular flexibility index (Phi) is 8.13. The zero-order valence-electron chi connectivity index (χ0n) is 23.9. The molecule has 1 aromatic heterocycles. The summed E-state index contributed by atoms with van der Waals surface area (Å²) < 4.78 is 12.5. The molecule has 0 bridgehead atoms. The first kappa shape index (κ1) is 28.4. The number of hydrogen-bond acceptors (Lipinski definition) is 7. The molecule has 1 atom stereocenters. The van der Waals surface area contributed by atoms with E-state index in [-0.39, 0.29) is 11.3 Å². The van der Waals surface area contributed by atoms with Crippen molar-refractivity contribution in [1.29, 1.82) is 0 Å². The molecule has 8 heteroatoms. The van der Waals surface area contributed by atoms with Gasteiger partial charge in [-0.2, -0.15) is 0 Å². The number of anilines is 1. The molecule has 1 fully saturated rings. The standard InChI is InChI=1S/C33H34N2O5S/c1-6-39-24-12-10-22(11-13-24)30(36)27-29(23-8-7-9-25(18-23)40-15-14-19(2)3)35(32(38)31(27)37)33-34-28-21(5)16-20(4)17-26(28)41-33/h7-13,16-19,29,36H,6,14-15H2,1-5H3/b30-27+. The Hall–Kier alpha value is -4.17. The lowest BCUT2D eigenvalue weighted by atomic mass is 9.95. The van der Waals surface area contributed by atoms with Crippen LogP contribution >= 0.6 is 11.3 Å². The number of carbonyl (C=O) groups excluding carboxylic acids is 2. The number of amides is 1. The van der Waals surface area contributed by atoms with Crippen molar-refractivity contribution in [2.24, 2.45) is 5.92 Å². The lowest BCUT2D eigenvalue weighted by Gasteiger charge is -2.23. The first-order valence-electron chi connectivity index (χ1n) is 13.8. The van der Waals surface area contributed by atoms with Crippen molar-refractivity contribution in [3.8, 4) is 11.5 Å². The average Bonchev–Trinajstić information content (AvgIpc) is 3.47. The number of aromatic nitrogens is 1. The van der Waals surface area contributed by atoms with Crippen molar-refractivity contribution >= 4 is 44.1 Å². The quantitative estimate of drug-likeness (QED) is 0.128. The monoisotopic (exact) mass is 570 g/mol. The predicted molar refractivity (Wildman–Crippen MR) is 163 cm³/mol. The highest BCUT2D eigenvalue weighted by molar-refractivity contribution is 7.22. The second-order valence-corrected chi connectivity index (χ2v) is 11.7. The third kappa shape index (κ3) is 5.70. The Labute approximate surface area is 244 Å². The molecule has 4 aromatic rings. The number of fused-ring (bicyclic) bond motifs is 1. The minimum atomic E-state index is -0.891. The first-order valence-corrected chi connectivity index (χ1v) is 14.6. The number of aliphatic hydroxyl groups excluding tert-OH is 1. The summed E-state index contributed by atoms with van der Waals surface area (Å²) in [4.78, 5) is 33.5. The zero-order chi connectivity index (χ0) is 29.3. The number of Topliss-reactive ketones (excluding diaryl/α,β-unsaturated/α-hetero) is 1. The van der Waals surface area contributed by atoms with Crippen LogP contribution in [0.4, 0.5) is 5.13 Å². The fourth-order valence-corrected chi connectivity index (χ4v) is 6.19. The Morgan fingerprint density at radius 2 is 1.78 bits per heavy atom. The van der Waals surface area contributed by atoms with Gasteiger partial charge in [0.2, 0.25) is 0 Å². The summed E-state index contributed by atoms with van der Waals surface area (Å²) in [5.41, 5.74) is 3.93. The molecule has 7 nitrogen and oxygen atoms in total. The number of aryl methyl sites for hydroxylation is 2. The molecule has 1 amide bonds. The average molecular weight is 571 g/mol. The van der Waals surface area contributed by atoms with Crippen molar-refractivity contribution in [3.63, 3.8) is 0 Å². The van der Waals surface area contributed by atoms with E-state index in [0.29, 0.717) is 46.9 Å². The minimum Gasteiger partial charge on any atom is -0.507 e. The number of hydrogen-bond donors (Lipinski definition) is 1. The molecule has 3 aromatic carbocycles. The van der Waals surface area contributed by atoms with Gasteiger partial charge in [0.25, 0.3) is 5.78 Å². The lowest BCUT2D eigenvalue weighted by Crippen LogP contribution is -2.29. The summed E-state index contributed by atoms with van der Waals surface area (Å²) in [6.45, 7) is 11.2. The molecular weight excluding hydrogens is 536 g/mol. The Bertz CT molecular complexity index is 1640. The highest BCUT2D eigenvalue weighted by atomic mass is 32.1. The van der Waals surface area contributed by atoms with Crippen molar-refractivity contribution in [2.45, 2.75) is 47.1 Å². The van der Waals surface area contributed by atoms with E-state index in [1.165, 1.54) is 16.2 Å². The summed E-state index contributed by atoms with van der Waals surface area (Å²) in [5, 5.41) is 11.9. The number of nitrogens with zero attached hydrogens (tertiary/aromatic N) is 2. The van der Waals surface area contributed by atoms with E-state index in [4.69, 9.17) is 14.5 Å². The maximum atomic E-state index is 13.7. The van der Waals surface area contributed by atoms with Crippen LogP contribution in [-0.2, 0) is 9.59 Å². The van der Waals surface area contributed by atoms with Crippen LogP contribution in [0.1, 0.15) is 55.5 Å². The van der Waals surface area contributed by atoms with E-state index in [9.17, 15) is 14.7 Å². The molecule has 0 radical (unpaired) electrons. The van der Waals surface area contributed by atoms with E-state index >= 15 is 0 Å². The molecule has 1 aliphatic rings. The molecule has 1 N–H and O–H groups in total. The van der Waals surface area contributed by atoms with E-state index in [1.807, 2.05) is 57.2 Å². The number of benzene rings is 3. The highest BCUT2D eigenvalue weighted by Crippen LogP contribution is 2.45. The van der Waals surface area contributed by atoms with E-state index in [2.05, 4.69) is 13.8 Å². The van der Waals surface area contributed by atoms with Crippen molar-refractivity contribution < 1.29 is 24.2 Å². The van der Waals surface area contributed by atoms with Crippen LogP contribution in [0.15, 0.2) is 66.2 Å². The second-order valence-electron chi connectivity index (χ2n) is 10.7. The fourth-order valence-electron chi connectivity index (χ4n) is 5.03. The summed E-state index contributed by atoms with van der Waals surface area (Å²) >= 11 is 1.36. The van der Waals surface area contributed by atoms with Crippen LogP contribution in [0.2, 0.25) is 0 Å². The number of ether oxygens (including phenoxy) is 2. The van der Waals surface area contributed by atoms with Gasteiger partial charge in [-0.05, 0) is 92.3 Å². The van der Waals surface area contributed by atoms with Gasteiger partial charge in [0.05, 0.1) is 35.0 Å². The maximum Gasteiger partial charge on any atom is 0.301 e. The maximum absolute atomic E-state index is 13.7. The second kappa shape index (κ2) is 11.7. The number of thiazole rings is 1. The molecule has 0 aliphatic carbocycles. The summed E-state index contributed by atoms with van der Waals surface area (Å²) in [5.74, 6) is 0.0170. The van der Waals surface area contributed by atoms with Gasteiger partial charge in [-0.25, -0.2) is 4.98 Å². The molecule has 2 heterocycles. The van der Waals surface area contributed by atoms with Crippen LogP contribution in [0.3, 0.4) is 0 Å². The Morgan fingerprint density at radius 3 is 2.49 bits per heavy atom. The van der Waals surface area contributed by atoms with E-state index < -0.39 is 17.7 Å². The highest BCUT2D eigenvalue weighted by Gasteiger charge is 2.48. The number of rotatable bonds is 9. The molecule has 41 heavy (non-hydrogen) atoms. The normalized spacial score (nSPS) is 16.6. The summed E-state index contributed by atoms with van der Waals surface area (Å²) in [6, 6.07) is 17.4. The third-order valence-electron chi connectivity index (χ3n) is 7.05. The van der Waals surface area contributed by atoms with Gasteiger partial charge in [0.1, 0.15) is 17.3 Å². The topological polar surface area (TPSA) is 89.0 Å². The van der Waals surface area contributed by atoms with Crippen LogP contribution in [-0.4, -0.2) is 35.0 Å². The van der Waals surface area contributed by atoms with Crippen LogP contribution in [0.5, 0.6) is 11.5 Å². The third-order valence-corrected chi connectivity index (χ3v) is 8.05.